The van der Waals surface area contributed by atoms with E-state index in [1.54, 1.807) is 0 Å². The molecule has 6 heteroatoms. The predicted molar refractivity (Wildman–Crippen MR) is 105 cm³/mol. The first kappa shape index (κ1) is 20.7. The Labute approximate surface area is 161 Å². The van der Waals surface area contributed by atoms with Crippen LogP contribution >= 0.6 is 12.4 Å². The van der Waals surface area contributed by atoms with Gasteiger partial charge in [0.2, 0.25) is 0 Å². The molecule has 5 nitrogen and oxygen atoms in total. The molecule has 26 heavy (non-hydrogen) atoms. The fourth-order valence-corrected chi connectivity index (χ4v) is 4.09. The van der Waals surface area contributed by atoms with E-state index in [9.17, 15) is 4.79 Å². The molecular weight excluding hydrogens is 352 g/mol. The van der Waals surface area contributed by atoms with Gasteiger partial charge in [0.15, 0.2) is 0 Å². The number of hydrogen-bond donors (Lipinski definition) is 1. The molecule has 1 N–H and O–H groups in total. The van der Waals surface area contributed by atoms with Crippen LogP contribution in [-0.2, 0) is 15.0 Å². The number of rotatable bonds is 7. The van der Waals surface area contributed by atoms with E-state index in [0.717, 1.165) is 38.8 Å². The highest BCUT2D eigenvalue weighted by Crippen LogP contribution is 2.39. The van der Waals surface area contributed by atoms with Crippen LogP contribution in [0, 0.1) is 5.92 Å². The molecule has 1 saturated heterocycles. The summed E-state index contributed by atoms with van der Waals surface area (Å²) in [6.45, 7) is 2.81. The van der Waals surface area contributed by atoms with Crippen LogP contribution in [0.5, 0.6) is 0 Å². The smallest absolute Gasteiger partial charge is 0.307 e. The van der Waals surface area contributed by atoms with E-state index < -0.39 is 5.97 Å². The fourth-order valence-electron chi connectivity index (χ4n) is 4.09. The van der Waals surface area contributed by atoms with Crippen LogP contribution in [0.1, 0.15) is 44.1 Å². The number of carboxylic acids is 1. The molecule has 0 aromatic heterocycles. The van der Waals surface area contributed by atoms with Gasteiger partial charge in [-0.2, -0.15) is 0 Å². The lowest BCUT2D eigenvalue weighted by Gasteiger charge is -2.30. The first-order valence-corrected chi connectivity index (χ1v) is 9.37. The summed E-state index contributed by atoms with van der Waals surface area (Å²) in [5.74, 6) is -0.924. The third kappa shape index (κ3) is 5.21. The minimum atomic E-state index is -0.685. The van der Waals surface area contributed by atoms with Gasteiger partial charge in [-0.1, -0.05) is 48.3 Å². The standard InChI is InChI=1S/C20H28N2O3.ClH/c23-19(24)17-7-6-12-22(15-17)13-14-25-21-16-20(10-4-5-11-20)18-8-2-1-3-9-18;/h1-3,8-9,16-17H,4-7,10-15H2,(H,23,24);1H. The Morgan fingerprint density at radius 1 is 1.27 bits per heavy atom. The zero-order valence-corrected chi connectivity index (χ0v) is 16.0. The van der Waals surface area contributed by atoms with E-state index in [4.69, 9.17) is 9.94 Å². The molecule has 0 amide bonds. The van der Waals surface area contributed by atoms with Crippen molar-refractivity contribution in [3.05, 3.63) is 35.9 Å². The molecule has 1 unspecified atom stereocenters. The van der Waals surface area contributed by atoms with Crippen molar-refractivity contribution < 1.29 is 14.7 Å². The Kier molecular flexibility index (Phi) is 7.91. The van der Waals surface area contributed by atoms with Crippen molar-refractivity contribution in [2.45, 2.75) is 43.9 Å². The van der Waals surface area contributed by atoms with E-state index in [0.29, 0.717) is 13.2 Å². The predicted octanol–water partition coefficient (Wildman–Crippen LogP) is 3.72. The van der Waals surface area contributed by atoms with Gasteiger partial charge in [-0.05, 0) is 37.8 Å². The van der Waals surface area contributed by atoms with Gasteiger partial charge in [0.1, 0.15) is 6.61 Å². The van der Waals surface area contributed by atoms with Crippen molar-refractivity contribution in [1.82, 2.24) is 4.90 Å². The molecule has 1 heterocycles. The topological polar surface area (TPSA) is 62.1 Å². The van der Waals surface area contributed by atoms with Crippen LogP contribution < -0.4 is 0 Å². The summed E-state index contributed by atoms with van der Waals surface area (Å²) in [5.41, 5.74) is 1.33. The number of likely N-dealkylation sites (tertiary alicyclic amines) is 1. The highest BCUT2D eigenvalue weighted by Gasteiger charge is 2.34. The fraction of sp³-hybridized carbons (Fsp3) is 0.600. The number of halogens is 1. The Balaban J connectivity index is 0.00000243. The van der Waals surface area contributed by atoms with Crippen LogP contribution in [0.4, 0.5) is 0 Å². The SMILES string of the molecule is Cl.O=C(O)C1CCCN(CCON=CC2(c3ccccc3)CCCC2)C1. The van der Waals surface area contributed by atoms with Gasteiger partial charge < -0.3 is 9.94 Å². The maximum absolute atomic E-state index is 11.1. The second-order valence-electron chi connectivity index (χ2n) is 7.28. The van der Waals surface area contributed by atoms with Crippen LogP contribution in [0.15, 0.2) is 35.5 Å². The lowest BCUT2D eigenvalue weighted by atomic mass is 9.80. The highest BCUT2D eigenvalue weighted by atomic mass is 35.5. The third-order valence-corrected chi connectivity index (χ3v) is 5.57. The molecule has 1 aromatic carbocycles. The molecule has 1 aliphatic carbocycles. The molecular formula is C20H29ClN2O3. The molecule has 1 aliphatic heterocycles. The van der Waals surface area contributed by atoms with Gasteiger partial charge in [-0.25, -0.2) is 0 Å². The molecule has 3 rings (SSSR count). The zero-order chi connectivity index (χ0) is 17.5. The second-order valence-corrected chi connectivity index (χ2v) is 7.28. The summed E-state index contributed by atoms with van der Waals surface area (Å²) in [7, 11) is 0. The van der Waals surface area contributed by atoms with Crippen molar-refractivity contribution >= 4 is 24.6 Å². The van der Waals surface area contributed by atoms with Crippen molar-refractivity contribution in [3.63, 3.8) is 0 Å². The van der Waals surface area contributed by atoms with E-state index in [1.807, 2.05) is 12.3 Å². The number of oxime groups is 1. The quantitative estimate of drug-likeness (QED) is 0.445. The number of benzene rings is 1. The highest BCUT2D eigenvalue weighted by molar-refractivity contribution is 5.85. The number of hydrogen-bond acceptors (Lipinski definition) is 4. The Morgan fingerprint density at radius 2 is 2.00 bits per heavy atom. The summed E-state index contributed by atoms with van der Waals surface area (Å²) in [6.07, 6.45) is 8.41. The van der Waals surface area contributed by atoms with Crippen LogP contribution in [0.2, 0.25) is 0 Å². The molecule has 1 saturated carbocycles. The summed E-state index contributed by atoms with van der Waals surface area (Å²) in [4.78, 5) is 18.8. The Bertz CT molecular complexity index is 588. The number of carboxylic acid groups (broad SMARTS) is 1. The summed E-state index contributed by atoms with van der Waals surface area (Å²) < 4.78 is 0. The average molecular weight is 381 g/mol. The molecule has 0 spiro atoms. The first-order valence-electron chi connectivity index (χ1n) is 9.37. The number of carbonyl (C=O) groups is 1. The van der Waals surface area contributed by atoms with E-state index in [1.165, 1.54) is 18.4 Å². The third-order valence-electron chi connectivity index (χ3n) is 5.57. The van der Waals surface area contributed by atoms with Crippen LogP contribution in [0.25, 0.3) is 0 Å². The molecule has 1 atom stereocenters. The number of nitrogens with zero attached hydrogens (tertiary/aromatic N) is 2. The van der Waals surface area contributed by atoms with E-state index in [-0.39, 0.29) is 23.7 Å². The Morgan fingerprint density at radius 3 is 2.69 bits per heavy atom. The van der Waals surface area contributed by atoms with E-state index >= 15 is 0 Å². The molecule has 0 radical (unpaired) electrons. The van der Waals surface area contributed by atoms with Gasteiger partial charge in [-0.3, -0.25) is 9.69 Å². The number of piperidine rings is 1. The number of aliphatic carboxylic acids is 1. The zero-order valence-electron chi connectivity index (χ0n) is 15.2. The second kappa shape index (κ2) is 9.93. The minimum Gasteiger partial charge on any atom is -0.481 e. The van der Waals surface area contributed by atoms with Gasteiger partial charge in [-0.15, -0.1) is 12.4 Å². The lowest BCUT2D eigenvalue weighted by Crippen LogP contribution is -2.40. The maximum Gasteiger partial charge on any atom is 0.307 e. The molecule has 144 valence electrons. The van der Waals surface area contributed by atoms with Crippen LogP contribution in [0.3, 0.4) is 0 Å². The minimum absolute atomic E-state index is 0. The van der Waals surface area contributed by atoms with Gasteiger partial charge in [0.05, 0.1) is 12.1 Å². The monoisotopic (exact) mass is 380 g/mol. The molecule has 1 aromatic rings. The van der Waals surface area contributed by atoms with Crippen molar-refractivity contribution in [2.24, 2.45) is 11.1 Å². The maximum atomic E-state index is 11.1. The van der Waals surface area contributed by atoms with Crippen molar-refractivity contribution in [3.8, 4) is 0 Å². The first-order chi connectivity index (χ1) is 12.2. The van der Waals surface area contributed by atoms with Gasteiger partial charge in [0.25, 0.3) is 0 Å². The van der Waals surface area contributed by atoms with Gasteiger partial charge >= 0.3 is 5.97 Å². The van der Waals surface area contributed by atoms with Crippen molar-refractivity contribution in [1.29, 1.82) is 0 Å². The lowest BCUT2D eigenvalue weighted by molar-refractivity contribution is -0.143. The van der Waals surface area contributed by atoms with Crippen LogP contribution in [-0.4, -0.2) is 48.4 Å². The molecule has 0 bridgehead atoms. The summed E-state index contributed by atoms with van der Waals surface area (Å²) in [5, 5.41) is 13.4. The normalized spacial score (nSPS) is 22.8. The summed E-state index contributed by atoms with van der Waals surface area (Å²) in [6, 6.07) is 10.6. The Hall–Kier alpha value is -1.59. The summed E-state index contributed by atoms with van der Waals surface area (Å²) >= 11 is 0. The van der Waals surface area contributed by atoms with Crippen molar-refractivity contribution in [2.75, 3.05) is 26.2 Å². The molecule has 2 aliphatic rings. The largest absolute Gasteiger partial charge is 0.481 e. The van der Waals surface area contributed by atoms with Gasteiger partial charge in [0, 0.05) is 18.5 Å². The average Bonchev–Trinajstić information content (AvgIpc) is 3.12. The molecule has 2 fully saturated rings. The van der Waals surface area contributed by atoms with E-state index in [2.05, 4.69) is 34.3 Å².